The molecule has 0 aromatic carbocycles. The van der Waals surface area contributed by atoms with Crippen molar-refractivity contribution in [1.29, 1.82) is 0 Å². The molecule has 15 heavy (non-hydrogen) atoms. The van der Waals surface area contributed by atoms with Crippen molar-refractivity contribution in [1.82, 2.24) is 5.32 Å². The molecular weight excluding hydrogens is 186 g/mol. The Bertz CT molecular complexity index is 299. The van der Waals surface area contributed by atoms with Crippen LogP contribution < -0.4 is 5.32 Å². The second kappa shape index (κ2) is 4.84. The summed E-state index contributed by atoms with van der Waals surface area (Å²) in [6.07, 6.45) is 7.39. The van der Waals surface area contributed by atoms with E-state index >= 15 is 0 Å². The Morgan fingerprint density at radius 2 is 2.20 bits per heavy atom. The van der Waals surface area contributed by atoms with Crippen LogP contribution in [0.1, 0.15) is 43.9 Å². The predicted octanol–water partition coefficient (Wildman–Crippen LogP) is 3.26. The Labute approximate surface area is 92.1 Å². The predicted molar refractivity (Wildman–Crippen MR) is 61.7 cm³/mol. The van der Waals surface area contributed by atoms with Crippen LogP contribution in [0, 0.1) is 12.8 Å². The average molecular weight is 207 g/mol. The number of nitrogens with one attached hydrogen (secondary N) is 1. The average Bonchev–Trinajstić information content (AvgIpc) is 2.85. The lowest BCUT2D eigenvalue weighted by Gasteiger charge is -2.19. The van der Waals surface area contributed by atoms with Gasteiger partial charge in [-0.15, -0.1) is 0 Å². The summed E-state index contributed by atoms with van der Waals surface area (Å²) in [4.78, 5) is 0. The molecule has 1 fully saturated rings. The lowest BCUT2D eigenvalue weighted by molar-refractivity contribution is 0.362. The number of rotatable bonds is 4. The number of aryl methyl sites for hydroxylation is 1. The van der Waals surface area contributed by atoms with Gasteiger partial charge in [-0.3, -0.25) is 0 Å². The second-order valence-corrected chi connectivity index (χ2v) is 4.74. The molecule has 84 valence electrons. The van der Waals surface area contributed by atoms with E-state index in [-0.39, 0.29) is 0 Å². The summed E-state index contributed by atoms with van der Waals surface area (Å²) in [6.45, 7) is 5.27. The smallest absolute Gasteiger partial charge is 0.120 e. The fraction of sp³-hybridized carbons (Fsp3) is 0.692. The van der Waals surface area contributed by atoms with E-state index in [2.05, 4.69) is 19.2 Å². The molecule has 2 heteroatoms. The number of hydrogen-bond acceptors (Lipinski definition) is 2. The SMILES string of the molecule is Cc1ccoc1CN[C@H](C)C1CCCC1. The van der Waals surface area contributed by atoms with E-state index < -0.39 is 0 Å². The van der Waals surface area contributed by atoms with Crippen LogP contribution in [0.3, 0.4) is 0 Å². The molecule has 0 spiro atoms. The van der Waals surface area contributed by atoms with Gasteiger partial charge in [0.25, 0.3) is 0 Å². The van der Waals surface area contributed by atoms with E-state index in [0.29, 0.717) is 6.04 Å². The zero-order valence-electron chi connectivity index (χ0n) is 9.75. The molecule has 1 atom stereocenters. The molecule has 1 N–H and O–H groups in total. The van der Waals surface area contributed by atoms with Crippen molar-refractivity contribution in [3.63, 3.8) is 0 Å². The Morgan fingerprint density at radius 3 is 2.80 bits per heavy atom. The maximum atomic E-state index is 5.41. The van der Waals surface area contributed by atoms with Gasteiger partial charge in [-0.1, -0.05) is 12.8 Å². The number of hydrogen-bond donors (Lipinski definition) is 1. The maximum Gasteiger partial charge on any atom is 0.120 e. The van der Waals surface area contributed by atoms with Crippen molar-refractivity contribution in [2.24, 2.45) is 5.92 Å². The van der Waals surface area contributed by atoms with Crippen LogP contribution in [0.4, 0.5) is 0 Å². The summed E-state index contributed by atoms with van der Waals surface area (Å²) in [6, 6.07) is 2.65. The van der Waals surface area contributed by atoms with Crippen LogP contribution >= 0.6 is 0 Å². The molecule has 0 aliphatic heterocycles. The lowest BCUT2D eigenvalue weighted by Crippen LogP contribution is -2.31. The highest BCUT2D eigenvalue weighted by molar-refractivity contribution is 5.14. The van der Waals surface area contributed by atoms with Gasteiger partial charge in [0.15, 0.2) is 0 Å². The number of furan rings is 1. The Balaban J connectivity index is 1.80. The second-order valence-electron chi connectivity index (χ2n) is 4.74. The summed E-state index contributed by atoms with van der Waals surface area (Å²) in [7, 11) is 0. The summed E-state index contributed by atoms with van der Waals surface area (Å²) in [5.41, 5.74) is 1.25. The van der Waals surface area contributed by atoms with E-state index in [1.54, 1.807) is 6.26 Å². The highest BCUT2D eigenvalue weighted by Crippen LogP contribution is 2.27. The standard InChI is InChI=1S/C13H21NO/c1-10-7-8-15-13(10)9-14-11(2)12-5-3-4-6-12/h7-8,11-12,14H,3-6,9H2,1-2H3/t11-/m1/s1. The van der Waals surface area contributed by atoms with Crippen molar-refractivity contribution >= 4 is 0 Å². The van der Waals surface area contributed by atoms with E-state index in [1.165, 1.54) is 31.2 Å². The van der Waals surface area contributed by atoms with E-state index in [4.69, 9.17) is 4.42 Å². The molecule has 1 heterocycles. The van der Waals surface area contributed by atoms with Gasteiger partial charge in [0.05, 0.1) is 12.8 Å². The minimum atomic E-state index is 0.622. The highest BCUT2D eigenvalue weighted by atomic mass is 16.3. The van der Waals surface area contributed by atoms with Gasteiger partial charge in [0.1, 0.15) is 5.76 Å². The molecule has 0 amide bonds. The van der Waals surface area contributed by atoms with Gasteiger partial charge in [-0.25, -0.2) is 0 Å². The van der Waals surface area contributed by atoms with Crippen molar-refractivity contribution in [2.75, 3.05) is 0 Å². The van der Waals surface area contributed by atoms with E-state index in [1.807, 2.05) is 6.07 Å². The molecular formula is C13H21NO. The molecule has 1 aromatic rings. The van der Waals surface area contributed by atoms with Gasteiger partial charge in [-0.2, -0.15) is 0 Å². The molecule has 1 aromatic heterocycles. The first-order valence-electron chi connectivity index (χ1n) is 6.03. The van der Waals surface area contributed by atoms with Crippen molar-refractivity contribution < 1.29 is 4.42 Å². The first-order valence-corrected chi connectivity index (χ1v) is 6.03. The molecule has 0 saturated heterocycles. The van der Waals surface area contributed by atoms with Crippen LogP contribution in [-0.4, -0.2) is 6.04 Å². The minimum Gasteiger partial charge on any atom is -0.468 e. The first-order chi connectivity index (χ1) is 7.27. The fourth-order valence-electron chi connectivity index (χ4n) is 2.46. The zero-order valence-corrected chi connectivity index (χ0v) is 9.75. The molecule has 0 radical (unpaired) electrons. The minimum absolute atomic E-state index is 0.622. The highest BCUT2D eigenvalue weighted by Gasteiger charge is 2.21. The summed E-state index contributed by atoms with van der Waals surface area (Å²) >= 11 is 0. The van der Waals surface area contributed by atoms with Crippen LogP contribution in [0.5, 0.6) is 0 Å². The summed E-state index contributed by atoms with van der Waals surface area (Å²) in [5.74, 6) is 1.96. The molecule has 1 saturated carbocycles. The Hall–Kier alpha value is -0.760. The normalized spacial score (nSPS) is 19.6. The van der Waals surface area contributed by atoms with Crippen molar-refractivity contribution in [2.45, 2.75) is 52.1 Å². The fourth-order valence-corrected chi connectivity index (χ4v) is 2.46. The van der Waals surface area contributed by atoms with Gasteiger partial charge in [0, 0.05) is 6.04 Å². The molecule has 1 aliphatic rings. The molecule has 0 unspecified atom stereocenters. The van der Waals surface area contributed by atoms with Gasteiger partial charge in [-0.05, 0) is 44.2 Å². The van der Waals surface area contributed by atoms with E-state index in [0.717, 1.165) is 18.2 Å². The first kappa shape index (κ1) is 10.7. The largest absolute Gasteiger partial charge is 0.468 e. The van der Waals surface area contributed by atoms with Crippen LogP contribution in [0.2, 0.25) is 0 Å². The van der Waals surface area contributed by atoms with Crippen LogP contribution in [0.15, 0.2) is 16.7 Å². The summed E-state index contributed by atoms with van der Waals surface area (Å²) < 4.78 is 5.41. The Kier molecular flexibility index (Phi) is 3.47. The molecule has 1 aliphatic carbocycles. The van der Waals surface area contributed by atoms with Gasteiger partial charge in [0.2, 0.25) is 0 Å². The summed E-state index contributed by atoms with van der Waals surface area (Å²) in [5, 5.41) is 3.57. The zero-order chi connectivity index (χ0) is 10.7. The maximum absolute atomic E-state index is 5.41. The third-order valence-electron chi connectivity index (χ3n) is 3.66. The van der Waals surface area contributed by atoms with E-state index in [9.17, 15) is 0 Å². The quantitative estimate of drug-likeness (QED) is 0.819. The van der Waals surface area contributed by atoms with Crippen LogP contribution in [-0.2, 0) is 6.54 Å². The van der Waals surface area contributed by atoms with Crippen LogP contribution in [0.25, 0.3) is 0 Å². The Morgan fingerprint density at radius 1 is 1.47 bits per heavy atom. The van der Waals surface area contributed by atoms with Crippen molar-refractivity contribution in [3.8, 4) is 0 Å². The van der Waals surface area contributed by atoms with Gasteiger partial charge < -0.3 is 9.73 Å². The van der Waals surface area contributed by atoms with Gasteiger partial charge >= 0.3 is 0 Å². The monoisotopic (exact) mass is 207 g/mol. The third kappa shape index (κ3) is 2.63. The topological polar surface area (TPSA) is 25.2 Å². The van der Waals surface area contributed by atoms with Crippen molar-refractivity contribution in [3.05, 3.63) is 23.7 Å². The third-order valence-corrected chi connectivity index (χ3v) is 3.66. The molecule has 2 rings (SSSR count). The lowest BCUT2D eigenvalue weighted by atomic mass is 10.00. The molecule has 0 bridgehead atoms. The molecule has 2 nitrogen and oxygen atoms in total.